The minimum atomic E-state index is -3.86. The Morgan fingerprint density at radius 2 is 1.66 bits per heavy atom. The molecule has 0 amide bonds. The third kappa shape index (κ3) is 3.27. The van der Waals surface area contributed by atoms with Gasteiger partial charge < -0.3 is 5.11 Å². The van der Waals surface area contributed by atoms with Crippen LogP contribution >= 0.6 is 0 Å². The van der Waals surface area contributed by atoms with Crippen molar-refractivity contribution in [2.24, 2.45) is 5.41 Å². The van der Waals surface area contributed by atoms with Crippen molar-refractivity contribution in [2.45, 2.75) is 38.5 Å². The van der Waals surface area contributed by atoms with Crippen molar-refractivity contribution in [1.29, 1.82) is 0 Å². The van der Waals surface area contributed by atoms with Crippen LogP contribution in [-0.2, 0) is 14.8 Å². The smallest absolute Gasteiger partial charge is 0.268 e. The molecule has 0 saturated heterocycles. The molecule has 6 heteroatoms. The summed E-state index contributed by atoms with van der Waals surface area (Å²) < 4.78 is 27.8. The summed E-state index contributed by atoms with van der Waals surface area (Å²) >= 11 is 0. The summed E-state index contributed by atoms with van der Waals surface area (Å²) in [6.07, 6.45) is 2.14. The van der Waals surface area contributed by atoms with Crippen molar-refractivity contribution in [3.63, 3.8) is 0 Å². The number of aliphatic hydroxyl groups is 1. The van der Waals surface area contributed by atoms with Gasteiger partial charge in [0.25, 0.3) is 10.0 Å². The zero-order valence-electron chi connectivity index (χ0n) is 16.6. The highest BCUT2D eigenvalue weighted by Crippen LogP contribution is 2.41. The lowest BCUT2D eigenvalue weighted by molar-refractivity contribution is -0.116. The maximum atomic E-state index is 13.3. The number of aromatic nitrogens is 1. The normalized spacial score (nSPS) is 17.1. The molecule has 0 radical (unpaired) electrons. The van der Waals surface area contributed by atoms with Crippen molar-refractivity contribution in [2.75, 3.05) is 0 Å². The fraction of sp³-hybridized carbons (Fsp3) is 0.261. The molecular weight excluding hydrogens is 386 g/mol. The molecule has 1 aliphatic carbocycles. The fourth-order valence-corrected chi connectivity index (χ4v) is 5.34. The van der Waals surface area contributed by atoms with Crippen LogP contribution in [0.3, 0.4) is 0 Å². The molecule has 2 aromatic carbocycles. The lowest BCUT2D eigenvalue weighted by atomic mass is 9.75. The number of hydrogen-bond donors (Lipinski definition) is 1. The predicted octanol–water partition coefficient (Wildman–Crippen LogP) is 4.84. The number of hydrogen-bond acceptors (Lipinski definition) is 4. The molecule has 0 bridgehead atoms. The lowest BCUT2D eigenvalue weighted by Crippen LogP contribution is -2.25. The van der Waals surface area contributed by atoms with E-state index in [4.69, 9.17) is 0 Å². The molecule has 5 nitrogen and oxygen atoms in total. The second-order valence-electron chi connectivity index (χ2n) is 8.44. The maximum Gasteiger partial charge on any atom is 0.268 e. The van der Waals surface area contributed by atoms with Gasteiger partial charge in [-0.3, -0.25) is 4.79 Å². The molecule has 1 N–H and O–H groups in total. The quantitative estimate of drug-likeness (QED) is 0.671. The number of rotatable bonds is 3. The van der Waals surface area contributed by atoms with Crippen molar-refractivity contribution in [3.05, 3.63) is 71.6 Å². The van der Waals surface area contributed by atoms with E-state index in [2.05, 4.69) is 0 Å². The summed E-state index contributed by atoms with van der Waals surface area (Å²) in [7, 11) is -3.86. The van der Waals surface area contributed by atoms with Crippen LogP contribution in [0.25, 0.3) is 16.5 Å². The molecule has 0 atom stereocenters. The molecule has 0 aliphatic heterocycles. The molecule has 1 aromatic heterocycles. The van der Waals surface area contributed by atoms with Gasteiger partial charge in [0.15, 0.2) is 5.78 Å². The summed E-state index contributed by atoms with van der Waals surface area (Å²) in [4.78, 5) is 13.0. The molecule has 0 fully saturated rings. The number of fused-ring (bicyclic) bond motifs is 1. The van der Waals surface area contributed by atoms with E-state index in [0.717, 1.165) is 5.56 Å². The number of aliphatic hydroxyl groups excluding tert-OH is 1. The van der Waals surface area contributed by atoms with Gasteiger partial charge in [-0.25, -0.2) is 12.4 Å². The standard InChI is InChI=1S/C23H23NO4S/c1-15-8-10-16(11-9-15)29(27,28)24-14-18(17-6-4-5-7-19(17)24)22-20(25)12-23(2,3)13-21(22)26/h4-11,14,25H,12-13H2,1-3H3. The molecule has 3 aromatic rings. The Morgan fingerprint density at radius 3 is 2.31 bits per heavy atom. The Morgan fingerprint density at radius 1 is 1.00 bits per heavy atom. The Kier molecular flexibility index (Phi) is 4.42. The van der Waals surface area contributed by atoms with Crippen LogP contribution in [-0.4, -0.2) is 23.3 Å². The molecule has 4 rings (SSSR count). The van der Waals surface area contributed by atoms with Crippen LogP contribution in [0, 0.1) is 12.3 Å². The zero-order chi connectivity index (χ0) is 21.0. The van der Waals surface area contributed by atoms with Gasteiger partial charge in [0.1, 0.15) is 5.76 Å². The SMILES string of the molecule is Cc1ccc(S(=O)(=O)n2cc(C3=C(O)CC(C)(C)CC3=O)c3ccccc32)cc1. The van der Waals surface area contributed by atoms with Crippen molar-refractivity contribution >= 4 is 32.3 Å². The number of nitrogens with zero attached hydrogens (tertiary/aromatic N) is 1. The predicted molar refractivity (Wildman–Crippen MR) is 113 cm³/mol. The molecule has 150 valence electrons. The molecule has 0 spiro atoms. The first kappa shape index (κ1) is 19.5. The van der Waals surface area contributed by atoms with Gasteiger partial charge in [0, 0.05) is 30.0 Å². The highest BCUT2D eigenvalue weighted by molar-refractivity contribution is 7.90. The van der Waals surface area contributed by atoms with E-state index in [9.17, 15) is 18.3 Å². The van der Waals surface area contributed by atoms with Crippen LogP contribution < -0.4 is 0 Å². The molecule has 0 unspecified atom stereocenters. The van der Waals surface area contributed by atoms with Gasteiger partial charge in [-0.2, -0.15) is 0 Å². The summed E-state index contributed by atoms with van der Waals surface area (Å²) in [5.74, 6) is -0.156. The molecule has 1 aliphatic rings. The molecule has 1 heterocycles. The Bertz CT molecular complexity index is 1260. The van der Waals surface area contributed by atoms with Crippen molar-refractivity contribution in [1.82, 2.24) is 3.97 Å². The van der Waals surface area contributed by atoms with Gasteiger partial charge in [0.05, 0.1) is 16.0 Å². The topological polar surface area (TPSA) is 76.4 Å². The highest BCUT2D eigenvalue weighted by atomic mass is 32.2. The summed E-state index contributed by atoms with van der Waals surface area (Å²) in [5.41, 5.74) is 1.79. The van der Waals surface area contributed by atoms with Gasteiger partial charge >= 0.3 is 0 Å². The van der Waals surface area contributed by atoms with Crippen molar-refractivity contribution < 1.29 is 18.3 Å². The van der Waals surface area contributed by atoms with E-state index in [1.807, 2.05) is 20.8 Å². The first-order valence-electron chi connectivity index (χ1n) is 9.48. The Hall–Kier alpha value is -2.86. The van der Waals surface area contributed by atoms with Gasteiger partial charge in [0.2, 0.25) is 0 Å². The van der Waals surface area contributed by atoms with E-state index in [0.29, 0.717) is 29.3 Å². The monoisotopic (exact) mass is 409 g/mol. The second-order valence-corrected chi connectivity index (χ2v) is 10.3. The highest BCUT2D eigenvalue weighted by Gasteiger charge is 2.35. The third-order valence-corrected chi connectivity index (χ3v) is 7.07. The van der Waals surface area contributed by atoms with Crippen LogP contribution in [0.2, 0.25) is 0 Å². The summed E-state index contributed by atoms with van der Waals surface area (Å²) in [5, 5.41) is 11.3. The first-order chi connectivity index (χ1) is 13.6. The summed E-state index contributed by atoms with van der Waals surface area (Å²) in [6, 6.07) is 13.7. The average molecular weight is 410 g/mol. The van der Waals surface area contributed by atoms with Gasteiger partial charge in [-0.1, -0.05) is 49.7 Å². The Labute approximate surface area is 170 Å². The molecular formula is C23H23NO4S. The van der Waals surface area contributed by atoms with Gasteiger partial charge in [-0.05, 0) is 30.5 Å². The lowest BCUT2D eigenvalue weighted by Gasteiger charge is -2.29. The average Bonchev–Trinajstić information content (AvgIpc) is 3.01. The number of para-hydroxylation sites is 1. The van der Waals surface area contributed by atoms with E-state index in [1.165, 1.54) is 10.2 Å². The number of allylic oxidation sites excluding steroid dienone is 2. The zero-order valence-corrected chi connectivity index (χ0v) is 17.5. The van der Waals surface area contributed by atoms with Crippen LogP contribution in [0.1, 0.15) is 37.8 Å². The van der Waals surface area contributed by atoms with Crippen molar-refractivity contribution in [3.8, 4) is 0 Å². The number of aryl methyl sites for hydroxylation is 1. The van der Waals surface area contributed by atoms with E-state index in [-0.39, 0.29) is 27.4 Å². The number of ketones is 1. The maximum absolute atomic E-state index is 13.3. The molecule has 0 saturated carbocycles. The van der Waals surface area contributed by atoms with Crippen LogP contribution in [0.5, 0.6) is 0 Å². The van der Waals surface area contributed by atoms with Gasteiger partial charge in [-0.15, -0.1) is 0 Å². The Balaban J connectivity index is 1.96. The largest absolute Gasteiger partial charge is 0.512 e. The third-order valence-electron chi connectivity index (χ3n) is 5.38. The second kappa shape index (κ2) is 6.59. The van der Waals surface area contributed by atoms with Crippen LogP contribution in [0.15, 0.2) is 65.4 Å². The number of carbonyl (C=O) groups excluding carboxylic acids is 1. The fourth-order valence-electron chi connectivity index (χ4n) is 3.97. The van der Waals surface area contributed by atoms with Crippen LogP contribution in [0.4, 0.5) is 0 Å². The van der Waals surface area contributed by atoms with E-state index >= 15 is 0 Å². The molecule has 29 heavy (non-hydrogen) atoms. The number of Topliss-reactive ketones (excluding diaryl/α,β-unsaturated/α-hetero) is 1. The van der Waals surface area contributed by atoms with E-state index < -0.39 is 10.0 Å². The first-order valence-corrected chi connectivity index (χ1v) is 10.9. The number of benzene rings is 2. The minimum absolute atomic E-state index is 0.0156. The van der Waals surface area contributed by atoms with E-state index in [1.54, 1.807) is 48.5 Å². The summed E-state index contributed by atoms with van der Waals surface area (Å²) in [6.45, 7) is 5.76. The number of carbonyl (C=O) groups is 1. The minimum Gasteiger partial charge on any atom is -0.512 e.